The predicted octanol–water partition coefficient (Wildman–Crippen LogP) is 0.862. The van der Waals surface area contributed by atoms with Crippen LogP contribution in [0.3, 0.4) is 0 Å². The molecule has 0 N–H and O–H groups in total. The first-order chi connectivity index (χ1) is 10.3. The van der Waals surface area contributed by atoms with Crippen LogP contribution in [-0.2, 0) is 9.53 Å². The molecule has 114 valence electrons. The molecule has 0 radical (unpaired) electrons. The SMILES string of the molecule is O=C(CCN1CCOCC1)N1CCCC1c1cnccn1. The Labute approximate surface area is 125 Å². The van der Waals surface area contributed by atoms with Crippen molar-refractivity contribution in [1.82, 2.24) is 19.8 Å². The number of hydrogen-bond acceptors (Lipinski definition) is 5. The van der Waals surface area contributed by atoms with Gasteiger partial charge in [-0.3, -0.25) is 19.7 Å². The minimum atomic E-state index is 0.107. The van der Waals surface area contributed by atoms with Crippen LogP contribution in [-0.4, -0.2) is 65.1 Å². The molecule has 1 atom stereocenters. The van der Waals surface area contributed by atoms with Crippen LogP contribution in [0.1, 0.15) is 31.0 Å². The van der Waals surface area contributed by atoms with E-state index in [0.29, 0.717) is 6.42 Å². The Kier molecular flexibility index (Phi) is 4.77. The van der Waals surface area contributed by atoms with E-state index in [0.717, 1.165) is 57.9 Å². The molecule has 1 amide bonds. The highest BCUT2D eigenvalue weighted by atomic mass is 16.5. The number of hydrogen-bond donors (Lipinski definition) is 0. The molecule has 3 rings (SSSR count). The Hall–Kier alpha value is -1.53. The molecule has 2 fully saturated rings. The van der Waals surface area contributed by atoms with Gasteiger partial charge >= 0.3 is 0 Å². The zero-order chi connectivity index (χ0) is 14.5. The highest BCUT2D eigenvalue weighted by Gasteiger charge is 2.30. The van der Waals surface area contributed by atoms with Crippen LogP contribution in [0.25, 0.3) is 0 Å². The molecule has 2 saturated heterocycles. The Morgan fingerprint density at radius 3 is 2.90 bits per heavy atom. The van der Waals surface area contributed by atoms with Crippen molar-refractivity contribution in [1.29, 1.82) is 0 Å². The number of carbonyl (C=O) groups is 1. The van der Waals surface area contributed by atoms with Gasteiger partial charge in [0, 0.05) is 45.0 Å². The van der Waals surface area contributed by atoms with Crippen LogP contribution in [0.5, 0.6) is 0 Å². The minimum Gasteiger partial charge on any atom is -0.379 e. The fourth-order valence-corrected chi connectivity index (χ4v) is 3.08. The van der Waals surface area contributed by atoms with Crippen molar-refractivity contribution in [2.45, 2.75) is 25.3 Å². The van der Waals surface area contributed by atoms with Gasteiger partial charge in [-0.1, -0.05) is 0 Å². The van der Waals surface area contributed by atoms with E-state index < -0.39 is 0 Å². The van der Waals surface area contributed by atoms with Gasteiger partial charge in [-0.05, 0) is 12.8 Å². The molecular weight excluding hydrogens is 268 g/mol. The summed E-state index contributed by atoms with van der Waals surface area (Å²) in [6, 6.07) is 0.107. The second kappa shape index (κ2) is 6.95. The normalized spacial score (nSPS) is 23.4. The number of likely N-dealkylation sites (tertiary alicyclic amines) is 1. The average Bonchev–Trinajstić information content (AvgIpc) is 3.04. The van der Waals surface area contributed by atoms with E-state index in [9.17, 15) is 4.79 Å². The van der Waals surface area contributed by atoms with Crippen molar-refractivity contribution >= 4 is 5.91 Å². The summed E-state index contributed by atoms with van der Waals surface area (Å²) < 4.78 is 5.33. The summed E-state index contributed by atoms with van der Waals surface area (Å²) in [7, 11) is 0. The molecule has 21 heavy (non-hydrogen) atoms. The van der Waals surface area contributed by atoms with Crippen molar-refractivity contribution < 1.29 is 9.53 Å². The van der Waals surface area contributed by atoms with Gasteiger partial charge in [-0.25, -0.2) is 0 Å². The average molecular weight is 290 g/mol. The van der Waals surface area contributed by atoms with Crippen LogP contribution in [0, 0.1) is 0 Å². The molecule has 0 aromatic carbocycles. The van der Waals surface area contributed by atoms with Crippen molar-refractivity contribution in [3.8, 4) is 0 Å². The van der Waals surface area contributed by atoms with E-state index in [2.05, 4.69) is 14.9 Å². The Balaban J connectivity index is 1.55. The van der Waals surface area contributed by atoms with Crippen LogP contribution in [0.4, 0.5) is 0 Å². The second-order valence-corrected chi connectivity index (χ2v) is 5.58. The summed E-state index contributed by atoms with van der Waals surface area (Å²) in [4.78, 5) is 25.2. The number of aromatic nitrogens is 2. The number of ether oxygens (including phenoxy) is 1. The van der Waals surface area contributed by atoms with Gasteiger partial charge in [0.25, 0.3) is 0 Å². The number of morpholine rings is 1. The number of nitrogens with zero attached hydrogens (tertiary/aromatic N) is 4. The Bertz CT molecular complexity index is 462. The maximum Gasteiger partial charge on any atom is 0.224 e. The molecule has 0 saturated carbocycles. The number of carbonyl (C=O) groups excluding carboxylic acids is 1. The third-order valence-corrected chi connectivity index (χ3v) is 4.24. The molecular formula is C15H22N4O2. The summed E-state index contributed by atoms with van der Waals surface area (Å²) in [5.74, 6) is 0.231. The number of amides is 1. The van der Waals surface area contributed by atoms with Gasteiger partial charge in [0.1, 0.15) is 0 Å². The molecule has 0 aliphatic carbocycles. The van der Waals surface area contributed by atoms with Crippen LogP contribution in [0.2, 0.25) is 0 Å². The van der Waals surface area contributed by atoms with Gasteiger partial charge in [0.2, 0.25) is 5.91 Å². The van der Waals surface area contributed by atoms with Crippen molar-refractivity contribution in [3.05, 3.63) is 24.3 Å². The summed E-state index contributed by atoms with van der Waals surface area (Å²) in [6.45, 7) is 5.08. The summed E-state index contributed by atoms with van der Waals surface area (Å²) in [6.07, 6.45) is 7.76. The number of rotatable bonds is 4. The lowest BCUT2D eigenvalue weighted by Crippen LogP contribution is -2.39. The van der Waals surface area contributed by atoms with Gasteiger partial charge in [-0.2, -0.15) is 0 Å². The fraction of sp³-hybridized carbons (Fsp3) is 0.667. The first kappa shape index (κ1) is 14.4. The molecule has 6 nitrogen and oxygen atoms in total. The lowest BCUT2D eigenvalue weighted by molar-refractivity contribution is -0.132. The van der Waals surface area contributed by atoms with Crippen LogP contribution in [0.15, 0.2) is 18.6 Å². The van der Waals surface area contributed by atoms with Gasteiger partial charge in [-0.15, -0.1) is 0 Å². The Morgan fingerprint density at radius 1 is 1.29 bits per heavy atom. The largest absolute Gasteiger partial charge is 0.379 e. The molecule has 2 aliphatic rings. The smallest absolute Gasteiger partial charge is 0.224 e. The monoisotopic (exact) mass is 290 g/mol. The van der Waals surface area contributed by atoms with E-state index in [1.807, 2.05) is 4.90 Å². The standard InChI is InChI=1S/C15H22N4O2/c20-15(3-7-18-8-10-21-11-9-18)19-6-1-2-14(19)13-12-16-4-5-17-13/h4-5,12,14H,1-3,6-11H2. The third-order valence-electron chi connectivity index (χ3n) is 4.24. The van der Waals surface area contributed by atoms with Gasteiger partial charge < -0.3 is 9.64 Å². The van der Waals surface area contributed by atoms with E-state index in [4.69, 9.17) is 4.74 Å². The summed E-state index contributed by atoms with van der Waals surface area (Å²) >= 11 is 0. The van der Waals surface area contributed by atoms with Gasteiger partial charge in [0.05, 0.1) is 31.1 Å². The van der Waals surface area contributed by atoms with E-state index >= 15 is 0 Å². The highest BCUT2D eigenvalue weighted by molar-refractivity contribution is 5.77. The van der Waals surface area contributed by atoms with Crippen LogP contribution < -0.4 is 0 Å². The summed E-state index contributed by atoms with van der Waals surface area (Å²) in [5, 5.41) is 0. The molecule has 1 unspecified atom stereocenters. The maximum atomic E-state index is 12.5. The zero-order valence-corrected chi connectivity index (χ0v) is 12.3. The van der Waals surface area contributed by atoms with E-state index in [-0.39, 0.29) is 11.9 Å². The first-order valence-corrected chi connectivity index (χ1v) is 7.70. The third kappa shape index (κ3) is 3.57. The topological polar surface area (TPSA) is 58.6 Å². The molecule has 2 aliphatic heterocycles. The zero-order valence-electron chi connectivity index (χ0n) is 12.3. The second-order valence-electron chi connectivity index (χ2n) is 5.58. The van der Waals surface area contributed by atoms with Crippen molar-refractivity contribution in [2.75, 3.05) is 39.4 Å². The van der Waals surface area contributed by atoms with E-state index in [1.54, 1.807) is 18.6 Å². The van der Waals surface area contributed by atoms with E-state index in [1.165, 1.54) is 0 Å². The quantitative estimate of drug-likeness (QED) is 0.823. The first-order valence-electron chi connectivity index (χ1n) is 7.70. The fourth-order valence-electron chi connectivity index (χ4n) is 3.08. The summed E-state index contributed by atoms with van der Waals surface area (Å²) in [5.41, 5.74) is 0.912. The Morgan fingerprint density at radius 2 is 2.14 bits per heavy atom. The molecule has 1 aromatic heterocycles. The molecule has 3 heterocycles. The highest BCUT2D eigenvalue weighted by Crippen LogP contribution is 2.30. The molecule has 0 bridgehead atoms. The molecule has 6 heteroatoms. The molecule has 0 spiro atoms. The lowest BCUT2D eigenvalue weighted by Gasteiger charge is -2.28. The molecule has 1 aromatic rings. The maximum absolute atomic E-state index is 12.5. The van der Waals surface area contributed by atoms with Crippen LogP contribution >= 0.6 is 0 Å². The van der Waals surface area contributed by atoms with Crippen molar-refractivity contribution in [3.63, 3.8) is 0 Å². The predicted molar refractivity (Wildman–Crippen MR) is 77.6 cm³/mol. The minimum absolute atomic E-state index is 0.107. The van der Waals surface area contributed by atoms with Crippen molar-refractivity contribution in [2.24, 2.45) is 0 Å². The van der Waals surface area contributed by atoms with Gasteiger partial charge in [0.15, 0.2) is 0 Å². The lowest BCUT2D eigenvalue weighted by atomic mass is 10.1.